The van der Waals surface area contributed by atoms with Crippen LogP contribution in [0.25, 0.3) is 0 Å². The van der Waals surface area contributed by atoms with Crippen molar-refractivity contribution < 1.29 is 19.7 Å². The molecule has 0 amide bonds. The van der Waals surface area contributed by atoms with Crippen LogP contribution in [0.1, 0.15) is 51.9 Å². The number of aliphatic hydroxyl groups is 2. The maximum Gasteiger partial charge on any atom is 0.119 e. The van der Waals surface area contributed by atoms with E-state index in [0.29, 0.717) is 19.7 Å². The molecule has 0 atom stereocenters. The third-order valence-corrected chi connectivity index (χ3v) is 5.44. The second-order valence-corrected chi connectivity index (χ2v) is 8.29. The van der Waals surface area contributed by atoms with Crippen molar-refractivity contribution in [2.75, 3.05) is 46.1 Å². The molecule has 0 fully saturated rings. The van der Waals surface area contributed by atoms with Crippen molar-refractivity contribution in [1.82, 2.24) is 4.90 Å². The Bertz CT molecular complexity index is 775. The van der Waals surface area contributed by atoms with E-state index in [0.717, 1.165) is 68.1 Å². The fraction of sp³-hybridized carbons (Fsp3) is 0.556. The van der Waals surface area contributed by atoms with Gasteiger partial charge in [0, 0.05) is 13.1 Å². The first-order chi connectivity index (χ1) is 16.7. The molecule has 34 heavy (non-hydrogen) atoms. The van der Waals surface area contributed by atoms with Crippen molar-refractivity contribution in [3.63, 3.8) is 0 Å². The van der Waals surface area contributed by atoms with Crippen LogP contribution >= 0.6 is 0 Å². The predicted octanol–water partition coefficient (Wildman–Crippen LogP) is 5.90. The lowest BCUT2D eigenvalue weighted by atomic mass is 10.2. The Balaban J connectivity index is 1.62. The van der Waals surface area contributed by atoms with E-state index in [-0.39, 0.29) is 13.2 Å². The molecule has 0 unspecified atom stereocenters. The Morgan fingerprint density at radius 1 is 0.618 bits per heavy atom. The molecule has 0 radical (unpaired) electrons. The van der Waals surface area contributed by atoms with Gasteiger partial charge in [-0.05, 0) is 74.3 Å². The molecule has 0 aliphatic carbocycles. The van der Waals surface area contributed by atoms with Gasteiger partial charge >= 0.3 is 0 Å². The molecule has 7 nitrogen and oxygen atoms in total. The molecule has 2 aromatic carbocycles. The number of nitrogens with zero attached hydrogens (tertiary/aromatic N) is 3. The quantitative estimate of drug-likeness (QED) is 0.197. The number of rotatable bonds is 19. The fourth-order valence-electron chi connectivity index (χ4n) is 3.47. The minimum absolute atomic E-state index is 0.135. The lowest BCUT2D eigenvalue weighted by Gasteiger charge is -2.19. The Hall–Kier alpha value is -2.48. The third kappa shape index (κ3) is 12.1. The minimum Gasteiger partial charge on any atom is -0.494 e. The van der Waals surface area contributed by atoms with Gasteiger partial charge in [-0.1, -0.05) is 32.6 Å². The van der Waals surface area contributed by atoms with E-state index >= 15 is 0 Å². The van der Waals surface area contributed by atoms with Crippen LogP contribution in [0, 0.1) is 0 Å². The first-order valence-electron chi connectivity index (χ1n) is 12.6. The van der Waals surface area contributed by atoms with Gasteiger partial charge in [-0.2, -0.15) is 10.2 Å². The highest BCUT2D eigenvalue weighted by molar-refractivity contribution is 5.44. The number of ether oxygens (including phenoxy) is 2. The third-order valence-electron chi connectivity index (χ3n) is 5.44. The predicted molar refractivity (Wildman–Crippen MR) is 137 cm³/mol. The summed E-state index contributed by atoms with van der Waals surface area (Å²) >= 11 is 0. The maximum absolute atomic E-state index is 9.03. The summed E-state index contributed by atoms with van der Waals surface area (Å²) in [7, 11) is 0. The van der Waals surface area contributed by atoms with E-state index in [1.165, 1.54) is 12.8 Å². The summed E-state index contributed by atoms with van der Waals surface area (Å²) in [5, 5.41) is 26.7. The molecule has 0 saturated carbocycles. The van der Waals surface area contributed by atoms with Gasteiger partial charge in [-0.15, -0.1) is 0 Å². The lowest BCUT2D eigenvalue weighted by molar-refractivity contribution is 0.159. The van der Waals surface area contributed by atoms with Gasteiger partial charge in [-0.25, -0.2) is 0 Å². The number of benzene rings is 2. The van der Waals surface area contributed by atoms with Crippen molar-refractivity contribution in [2.45, 2.75) is 51.9 Å². The highest BCUT2D eigenvalue weighted by Gasteiger charge is 2.03. The van der Waals surface area contributed by atoms with Crippen molar-refractivity contribution in [3.8, 4) is 11.5 Å². The molecule has 0 aliphatic heterocycles. The number of azo groups is 1. The number of hydrogen-bond acceptors (Lipinski definition) is 7. The Labute approximate surface area is 204 Å². The summed E-state index contributed by atoms with van der Waals surface area (Å²) in [6.45, 7) is 6.05. The zero-order valence-corrected chi connectivity index (χ0v) is 20.6. The number of aliphatic hydroxyl groups excluding tert-OH is 2. The summed E-state index contributed by atoms with van der Waals surface area (Å²) in [6.07, 6.45) is 7.73. The Morgan fingerprint density at radius 3 is 1.56 bits per heavy atom. The second kappa shape index (κ2) is 17.9. The van der Waals surface area contributed by atoms with E-state index < -0.39 is 0 Å². The number of hydrogen-bond donors (Lipinski definition) is 2. The molecule has 7 heteroatoms. The molecule has 2 rings (SSSR count). The van der Waals surface area contributed by atoms with Gasteiger partial charge in [0.05, 0.1) is 37.8 Å². The molecule has 0 bridgehead atoms. The standard InChI is InChI=1S/C27H41N3O4/c1-2-3-7-22-33-26-13-9-24(10-14-26)28-29-25-11-15-27(16-12-25)34-23-8-5-4-6-17-30(18-20-31)19-21-32/h9-16,31-32H,2-8,17-23H2,1H3. The van der Waals surface area contributed by atoms with Crippen LogP contribution in [0.15, 0.2) is 58.8 Å². The van der Waals surface area contributed by atoms with Crippen LogP contribution < -0.4 is 9.47 Å². The molecule has 2 aromatic rings. The molecule has 0 aliphatic rings. The topological polar surface area (TPSA) is 86.9 Å². The fourth-order valence-corrected chi connectivity index (χ4v) is 3.47. The molecular weight excluding hydrogens is 430 g/mol. The highest BCUT2D eigenvalue weighted by Crippen LogP contribution is 2.23. The number of unbranched alkanes of at least 4 members (excludes halogenated alkanes) is 5. The minimum atomic E-state index is 0.135. The summed E-state index contributed by atoms with van der Waals surface area (Å²) in [5.41, 5.74) is 1.57. The van der Waals surface area contributed by atoms with Gasteiger partial charge in [0.2, 0.25) is 0 Å². The zero-order valence-electron chi connectivity index (χ0n) is 20.6. The largest absolute Gasteiger partial charge is 0.494 e. The molecule has 2 N–H and O–H groups in total. The SMILES string of the molecule is CCCCCOc1ccc(N=Nc2ccc(OCCCCCCN(CCO)CCO)cc2)cc1. The summed E-state index contributed by atoms with van der Waals surface area (Å²) in [6, 6.07) is 15.3. The summed E-state index contributed by atoms with van der Waals surface area (Å²) in [5.74, 6) is 1.70. The van der Waals surface area contributed by atoms with Crippen molar-refractivity contribution in [1.29, 1.82) is 0 Å². The van der Waals surface area contributed by atoms with E-state index in [2.05, 4.69) is 22.1 Å². The van der Waals surface area contributed by atoms with E-state index in [9.17, 15) is 0 Å². The Morgan fingerprint density at radius 2 is 1.09 bits per heavy atom. The van der Waals surface area contributed by atoms with E-state index in [4.69, 9.17) is 19.7 Å². The zero-order chi connectivity index (χ0) is 24.3. The monoisotopic (exact) mass is 471 g/mol. The molecule has 0 heterocycles. The summed E-state index contributed by atoms with van der Waals surface area (Å²) < 4.78 is 11.5. The van der Waals surface area contributed by atoms with Gasteiger partial charge in [0.25, 0.3) is 0 Å². The van der Waals surface area contributed by atoms with Crippen molar-refractivity contribution in [3.05, 3.63) is 48.5 Å². The van der Waals surface area contributed by atoms with Crippen LogP contribution in [0.2, 0.25) is 0 Å². The van der Waals surface area contributed by atoms with Gasteiger partial charge in [0.1, 0.15) is 11.5 Å². The Kier molecular flexibility index (Phi) is 14.6. The van der Waals surface area contributed by atoms with Crippen molar-refractivity contribution in [2.24, 2.45) is 10.2 Å². The van der Waals surface area contributed by atoms with E-state index in [1.54, 1.807) is 0 Å². The van der Waals surface area contributed by atoms with Gasteiger partial charge in [-0.3, -0.25) is 4.90 Å². The highest BCUT2D eigenvalue weighted by atomic mass is 16.5. The second-order valence-electron chi connectivity index (χ2n) is 8.29. The smallest absolute Gasteiger partial charge is 0.119 e. The molecular formula is C27H41N3O4. The average molecular weight is 472 g/mol. The van der Waals surface area contributed by atoms with Crippen LogP contribution in [0.4, 0.5) is 11.4 Å². The van der Waals surface area contributed by atoms with Crippen LogP contribution in [-0.4, -0.2) is 61.2 Å². The van der Waals surface area contributed by atoms with Crippen LogP contribution in [0.5, 0.6) is 11.5 Å². The van der Waals surface area contributed by atoms with Crippen LogP contribution in [-0.2, 0) is 0 Å². The van der Waals surface area contributed by atoms with Crippen LogP contribution in [0.3, 0.4) is 0 Å². The molecule has 188 valence electrons. The molecule has 0 spiro atoms. The lowest BCUT2D eigenvalue weighted by Crippen LogP contribution is -2.30. The summed E-state index contributed by atoms with van der Waals surface area (Å²) in [4.78, 5) is 2.09. The van der Waals surface area contributed by atoms with Crippen molar-refractivity contribution >= 4 is 11.4 Å². The molecule has 0 saturated heterocycles. The van der Waals surface area contributed by atoms with Gasteiger partial charge in [0.15, 0.2) is 0 Å². The first kappa shape index (κ1) is 27.8. The normalized spacial score (nSPS) is 11.4. The first-order valence-corrected chi connectivity index (χ1v) is 12.6. The average Bonchev–Trinajstić information content (AvgIpc) is 2.86. The molecule has 0 aromatic heterocycles. The van der Waals surface area contributed by atoms with Gasteiger partial charge < -0.3 is 19.7 Å². The van der Waals surface area contributed by atoms with E-state index in [1.807, 2.05) is 48.5 Å². The maximum atomic E-state index is 9.03.